The van der Waals surface area contributed by atoms with Gasteiger partial charge in [-0.3, -0.25) is 9.59 Å². The minimum atomic E-state index is -0.821. The normalized spacial score (nSPS) is 12.0. The number of nitrogens with one attached hydrogen (secondary N) is 1. The Kier molecular flexibility index (Phi) is 5.85. The molecule has 1 atom stereocenters. The molecule has 0 aliphatic rings. The zero-order chi connectivity index (χ0) is 18.6. The van der Waals surface area contributed by atoms with Crippen molar-refractivity contribution >= 4 is 17.6 Å². The summed E-state index contributed by atoms with van der Waals surface area (Å²) >= 11 is 0. The summed E-state index contributed by atoms with van der Waals surface area (Å²) in [5, 5.41) is 11.8. The Morgan fingerprint density at radius 1 is 1.16 bits per heavy atom. The van der Waals surface area contributed by atoms with E-state index < -0.39 is 11.9 Å². The number of aromatic nitrogens is 2. The van der Waals surface area contributed by atoms with Crippen LogP contribution in [0.15, 0.2) is 30.5 Å². The van der Waals surface area contributed by atoms with Gasteiger partial charge in [-0.2, -0.15) is 0 Å². The molecule has 1 heterocycles. The van der Waals surface area contributed by atoms with E-state index in [1.54, 1.807) is 32.2 Å². The van der Waals surface area contributed by atoms with Crippen molar-refractivity contribution in [3.05, 3.63) is 53.1 Å². The molecule has 0 aliphatic carbocycles. The van der Waals surface area contributed by atoms with Crippen molar-refractivity contribution in [1.82, 2.24) is 9.97 Å². The van der Waals surface area contributed by atoms with Crippen LogP contribution in [0.25, 0.3) is 0 Å². The summed E-state index contributed by atoms with van der Waals surface area (Å²) in [6.45, 7) is 7.43. The first-order valence-corrected chi connectivity index (χ1v) is 8.24. The van der Waals surface area contributed by atoms with E-state index in [1.165, 1.54) is 0 Å². The van der Waals surface area contributed by atoms with Crippen molar-refractivity contribution in [2.45, 2.75) is 40.0 Å². The van der Waals surface area contributed by atoms with E-state index in [0.717, 1.165) is 11.3 Å². The molecule has 25 heavy (non-hydrogen) atoms. The molecule has 0 bridgehead atoms. The number of aliphatic carboxylic acids is 1. The molecule has 0 radical (unpaired) electrons. The number of carboxylic acid groups (broad SMARTS) is 1. The number of anilines is 1. The van der Waals surface area contributed by atoms with Crippen LogP contribution >= 0.6 is 0 Å². The molecule has 132 valence electrons. The summed E-state index contributed by atoms with van der Waals surface area (Å²) in [7, 11) is 0. The highest BCUT2D eigenvalue weighted by atomic mass is 16.4. The quantitative estimate of drug-likeness (QED) is 0.840. The third-order valence-corrected chi connectivity index (χ3v) is 3.91. The molecular weight excluding hydrogens is 318 g/mol. The number of benzene rings is 1. The van der Waals surface area contributed by atoms with E-state index in [0.29, 0.717) is 23.5 Å². The van der Waals surface area contributed by atoms with Crippen molar-refractivity contribution in [3.63, 3.8) is 0 Å². The number of rotatable bonds is 6. The van der Waals surface area contributed by atoms with E-state index >= 15 is 0 Å². The third kappa shape index (κ3) is 4.86. The first-order chi connectivity index (χ1) is 11.8. The van der Waals surface area contributed by atoms with Crippen LogP contribution in [0.2, 0.25) is 0 Å². The fraction of sp³-hybridized carbons (Fsp3) is 0.368. The number of aryl methyl sites for hydroxylation is 1. The molecule has 1 amide bonds. The van der Waals surface area contributed by atoms with Crippen LogP contribution in [-0.2, 0) is 11.2 Å². The van der Waals surface area contributed by atoms with Crippen LogP contribution < -0.4 is 5.32 Å². The van der Waals surface area contributed by atoms with Gasteiger partial charge >= 0.3 is 5.97 Å². The molecule has 2 rings (SSSR count). The fourth-order valence-corrected chi connectivity index (χ4v) is 2.47. The van der Waals surface area contributed by atoms with Gasteiger partial charge in [0.15, 0.2) is 0 Å². The highest BCUT2D eigenvalue weighted by Gasteiger charge is 2.17. The largest absolute Gasteiger partial charge is 0.481 e. The maximum Gasteiger partial charge on any atom is 0.306 e. The first kappa shape index (κ1) is 18.6. The second kappa shape index (κ2) is 7.88. The molecule has 1 aromatic carbocycles. The van der Waals surface area contributed by atoms with Gasteiger partial charge in [0.2, 0.25) is 0 Å². The monoisotopic (exact) mass is 341 g/mol. The highest BCUT2D eigenvalue weighted by molar-refractivity contribution is 6.04. The van der Waals surface area contributed by atoms with Gasteiger partial charge in [0, 0.05) is 11.9 Å². The predicted molar refractivity (Wildman–Crippen MR) is 95.8 cm³/mol. The SMILES string of the molecule is Cc1ncc(C(=O)Nc2ccc(CC(C)C(=O)O)cc2)c(C(C)C)n1. The predicted octanol–water partition coefficient (Wildman–Crippen LogP) is 3.42. The Bertz CT molecular complexity index is 770. The van der Waals surface area contributed by atoms with Gasteiger partial charge in [-0.15, -0.1) is 0 Å². The molecule has 2 aromatic rings. The lowest BCUT2D eigenvalue weighted by Crippen LogP contribution is -2.17. The van der Waals surface area contributed by atoms with Crippen molar-refractivity contribution in [1.29, 1.82) is 0 Å². The van der Waals surface area contributed by atoms with Crippen molar-refractivity contribution in [3.8, 4) is 0 Å². The van der Waals surface area contributed by atoms with Gasteiger partial charge in [-0.05, 0) is 37.0 Å². The molecular formula is C19H23N3O3. The second-order valence-electron chi connectivity index (χ2n) is 6.47. The maximum absolute atomic E-state index is 12.5. The van der Waals surface area contributed by atoms with Gasteiger partial charge in [0.25, 0.3) is 5.91 Å². The molecule has 1 unspecified atom stereocenters. The molecule has 0 fully saturated rings. The minimum Gasteiger partial charge on any atom is -0.481 e. The Morgan fingerprint density at radius 3 is 2.36 bits per heavy atom. The Hall–Kier alpha value is -2.76. The average Bonchev–Trinajstić information content (AvgIpc) is 2.56. The zero-order valence-electron chi connectivity index (χ0n) is 14.9. The summed E-state index contributed by atoms with van der Waals surface area (Å²) in [6, 6.07) is 7.19. The minimum absolute atomic E-state index is 0.113. The maximum atomic E-state index is 12.5. The molecule has 2 N–H and O–H groups in total. The van der Waals surface area contributed by atoms with E-state index in [9.17, 15) is 9.59 Å². The van der Waals surface area contributed by atoms with Crippen LogP contribution in [0.1, 0.15) is 54.1 Å². The van der Waals surface area contributed by atoms with Crippen LogP contribution in [0.5, 0.6) is 0 Å². The summed E-state index contributed by atoms with van der Waals surface area (Å²) in [5.41, 5.74) is 2.74. The van der Waals surface area contributed by atoms with Crippen LogP contribution in [0, 0.1) is 12.8 Å². The van der Waals surface area contributed by atoms with Gasteiger partial charge in [-0.25, -0.2) is 9.97 Å². The van der Waals surface area contributed by atoms with Gasteiger partial charge in [-0.1, -0.05) is 32.9 Å². The number of carbonyl (C=O) groups is 2. The summed E-state index contributed by atoms with van der Waals surface area (Å²) in [6.07, 6.45) is 2.00. The zero-order valence-corrected chi connectivity index (χ0v) is 14.9. The average molecular weight is 341 g/mol. The van der Waals surface area contributed by atoms with Crippen LogP contribution in [0.3, 0.4) is 0 Å². The lowest BCUT2D eigenvalue weighted by atomic mass is 10.0. The fourth-order valence-electron chi connectivity index (χ4n) is 2.47. The van der Waals surface area contributed by atoms with Crippen molar-refractivity contribution in [2.75, 3.05) is 5.32 Å². The Morgan fingerprint density at radius 2 is 1.80 bits per heavy atom. The van der Waals surface area contributed by atoms with Gasteiger partial charge < -0.3 is 10.4 Å². The Balaban J connectivity index is 2.12. The smallest absolute Gasteiger partial charge is 0.306 e. The lowest BCUT2D eigenvalue weighted by Gasteiger charge is -2.12. The van der Waals surface area contributed by atoms with Crippen LogP contribution in [-0.4, -0.2) is 27.0 Å². The lowest BCUT2D eigenvalue weighted by molar-refractivity contribution is -0.141. The van der Waals surface area contributed by atoms with Crippen LogP contribution in [0.4, 0.5) is 5.69 Å². The molecule has 6 heteroatoms. The number of nitrogens with zero attached hydrogens (tertiary/aromatic N) is 2. The summed E-state index contributed by atoms with van der Waals surface area (Å²) in [4.78, 5) is 31.9. The van der Waals surface area contributed by atoms with Crippen molar-refractivity contribution in [2.24, 2.45) is 5.92 Å². The molecule has 1 aromatic heterocycles. The number of amides is 1. The highest BCUT2D eigenvalue weighted by Crippen LogP contribution is 2.19. The molecule has 0 saturated carbocycles. The number of carboxylic acids is 1. The molecule has 6 nitrogen and oxygen atoms in total. The molecule has 0 saturated heterocycles. The number of hydrogen-bond donors (Lipinski definition) is 2. The second-order valence-corrected chi connectivity index (χ2v) is 6.47. The third-order valence-electron chi connectivity index (χ3n) is 3.91. The van der Waals surface area contributed by atoms with E-state index in [1.807, 2.05) is 26.0 Å². The molecule has 0 aliphatic heterocycles. The topological polar surface area (TPSA) is 92.2 Å². The van der Waals surface area contributed by atoms with E-state index in [4.69, 9.17) is 5.11 Å². The van der Waals surface area contributed by atoms with Crippen molar-refractivity contribution < 1.29 is 14.7 Å². The summed E-state index contributed by atoms with van der Waals surface area (Å²) in [5.74, 6) is -0.772. The first-order valence-electron chi connectivity index (χ1n) is 8.24. The van der Waals surface area contributed by atoms with E-state index in [-0.39, 0.29) is 11.8 Å². The molecule has 0 spiro atoms. The summed E-state index contributed by atoms with van der Waals surface area (Å²) < 4.78 is 0. The number of carbonyl (C=O) groups excluding carboxylic acids is 1. The van der Waals surface area contributed by atoms with E-state index in [2.05, 4.69) is 15.3 Å². The standard InChI is InChI=1S/C19H23N3O3/c1-11(2)17-16(10-20-13(4)21-17)18(23)22-15-7-5-14(6-8-15)9-12(3)19(24)25/h5-8,10-12H,9H2,1-4H3,(H,22,23)(H,24,25). The number of hydrogen-bond acceptors (Lipinski definition) is 4. The van der Waals surface area contributed by atoms with Gasteiger partial charge in [0.05, 0.1) is 17.2 Å². The Labute approximate surface area is 147 Å². The van der Waals surface area contributed by atoms with Gasteiger partial charge in [0.1, 0.15) is 5.82 Å².